The summed E-state index contributed by atoms with van der Waals surface area (Å²) in [6, 6.07) is 9.09. The van der Waals surface area contributed by atoms with Crippen LogP contribution in [0.5, 0.6) is 5.75 Å². The first kappa shape index (κ1) is 17.4. The van der Waals surface area contributed by atoms with Gasteiger partial charge >= 0.3 is 6.36 Å². The topological polar surface area (TPSA) is 51.5 Å². The van der Waals surface area contributed by atoms with Crippen LogP contribution >= 0.6 is 11.6 Å². The Hall–Kier alpha value is -3.00. The molecule has 0 bridgehead atoms. The number of aryl methyl sites for hydroxylation is 1. The number of imidazole rings is 1. The molecule has 138 valence electrons. The van der Waals surface area contributed by atoms with Gasteiger partial charge in [-0.15, -0.1) is 13.2 Å². The molecule has 27 heavy (non-hydrogen) atoms. The van der Waals surface area contributed by atoms with Crippen LogP contribution in [-0.2, 0) is 0 Å². The Kier molecular flexibility index (Phi) is 4.07. The van der Waals surface area contributed by atoms with E-state index in [2.05, 4.69) is 20.0 Å². The van der Waals surface area contributed by atoms with Crippen molar-refractivity contribution in [3.05, 3.63) is 59.4 Å². The lowest BCUT2D eigenvalue weighted by Crippen LogP contribution is -2.17. The van der Waals surface area contributed by atoms with Crippen molar-refractivity contribution in [2.45, 2.75) is 13.3 Å². The zero-order valence-electron chi connectivity index (χ0n) is 13.9. The van der Waals surface area contributed by atoms with Gasteiger partial charge in [0.15, 0.2) is 11.5 Å². The molecule has 0 spiro atoms. The molecule has 4 aromatic rings. The summed E-state index contributed by atoms with van der Waals surface area (Å²) in [4.78, 5) is 8.87. The molecule has 2 aromatic carbocycles. The molecular weight excluding hydrogens is 381 g/mol. The van der Waals surface area contributed by atoms with E-state index in [4.69, 9.17) is 11.6 Å². The lowest BCUT2D eigenvalue weighted by atomic mass is 10.2. The monoisotopic (exact) mass is 392 g/mol. The van der Waals surface area contributed by atoms with Crippen molar-refractivity contribution in [2.24, 2.45) is 0 Å². The van der Waals surface area contributed by atoms with Crippen molar-refractivity contribution in [2.75, 3.05) is 5.32 Å². The molecule has 0 saturated carbocycles. The maximum absolute atomic E-state index is 12.3. The minimum absolute atomic E-state index is 0.298. The summed E-state index contributed by atoms with van der Waals surface area (Å²) in [5, 5.41) is 3.66. The van der Waals surface area contributed by atoms with Gasteiger partial charge in [0, 0.05) is 18.1 Å². The van der Waals surface area contributed by atoms with Crippen LogP contribution in [0.1, 0.15) is 5.56 Å². The number of aromatic nitrogens is 3. The minimum atomic E-state index is -4.73. The summed E-state index contributed by atoms with van der Waals surface area (Å²) >= 11 is 6.43. The van der Waals surface area contributed by atoms with Crippen LogP contribution in [0, 0.1) is 6.92 Å². The lowest BCUT2D eigenvalue weighted by molar-refractivity contribution is -0.274. The molecule has 5 nitrogen and oxygen atoms in total. The van der Waals surface area contributed by atoms with Crippen molar-refractivity contribution in [1.29, 1.82) is 0 Å². The van der Waals surface area contributed by atoms with Gasteiger partial charge in [-0.25, -0.2) is 9.97 Å². The highest BCUT2D eigenvalue weighted by molar-refractivity contribution is 6.35. The van der Waals surface area contributed by atoms with Crippen LogP contribution in [0.2, 0.25) is 5.02 Å². The molecule has 0 atom stereocenters. The third-order valence-corrected chi connectivity index (χ3v) is 4.44. The molecule has 0 aliphatic rings. The average molecular weight is 393 g/mol. The van der Waals surface area contributed by atoms with Crippen molar-refractivity contribution in [3.63, 3.8) is 0 Å². The third-order valence-electron chi connectivity index (χ3n) is 3.96. The van der Waals surface area contributed by atoms with Gasteiger partial charge in [0.1, 0.15) is 5.75 Å². The smallest absolute Gasteiger partial charge is 0.406 e. The molecule has 0 saturated heterocycles. The second kappa shape index (κ2) is 6.31. The molecule has 0 aliphatic heterocycles. The van der Waals surface area contributed by atoms with Gasteiger partial charge < -0.3 is 10.1 Å². The molecule has 2 heterocycles. The Balaban J connectivity index is 1.74. The van der Waals surface area contributed by atoms with Gasteiger partial charge in [0.25, 0.3) is 0 Å². The predicted molar refractivity (Wildman–Crippen MR) is 96.6 cm³/mol. The number of rotatable bonds is 3. The third kappa shape index (κ3) is 3.35. The second-order valence-electron chi connectivity index (χ2n) is 5.84. The molecule has 0 aliphatic carbocycles. The summed E-state index contributed by atoms with van der Waals surface area (Å²) in [5.41, 5.74) is 3.41. The number of nitrogens with zero attached hydrogens (tertiary/aromatic N) is 3. The first-order chi connectivity index (χ1) is 12.8. The second-order valence-corrected chi connectivity index (χ2v) is 6.22. The van der Waals surface area contributed by atoms with E-state index < -0.39 is 6.36 Å². The van der Waals surface area contributed by atoms with Gasteiger partial charge in [-0.1, -0.05) is 17.7 Å². The SMILES string of the molecule is Cc1ccc2nc(Nc3ccc(OC(F)(F)F)cc3)c3nccn3c2c1Cl. The number of halogens is 4. The number of anilines is 2. The molecular formula is C18H12ClF3N4O. The highest BCUT2D eigenvalue weighted by Crippen LogP contribution is 2.31. The predicted octanol–water partition coefficient (Wildman–Crippen LogP) is 5.49. The van der Waals surface area contributed by atoms with Crippen LogP contribution < -0.4 is 10.1 Å². The van der Waals surface area contributed by atoms with E-state index in [-0.39, 0.29) is 5.75 Å². The summed E-state index contributed by atoms with van der Waals surface area (Å²) in [5.74, 6) is 0.157. The van der Waals surface area contributed by atoms with E-state index in [0.717, 1.165) is 11.1 Å². The first-order valence-corrected chi connectivity index (χ1v) is 8.24. The fourth-order valence-electron chi connectivity index (χ4n) is 2.76. The van der Waals surface area contributed by atoms with Gasteiger partial charge in [-0.05, 0) is 42.8 Å². The largest absolute Gasteiger partial charge is 0.573 e. The van der Waals surface area contributed by atoms with E-state index in [1.165, 1.54) is 24.3 Å². The normalized spacial score (nSPS) is 11.9. The molecule has 0 fully saturated rings. The number of nitrogens with one attached hydrogen (secondary N) is 1. The number of alkyl halides is 3. The molecule has 4 rings (SSSR count). The van der Waals surface area contributed by atoms with E-state index >= 15 is 0 Å². The number of hydrogen-bond donors (Lipinski definition) is 1. The Morgan fingerprint density at radius 3 is 2.56 bits per heavy atom. The zero-order valence-corrected chi connectivity index (χ0v) is 14.6. The Morgan fingerprint density at radius 1 is 1.11 bits per heavy atom. The summed E-state index contributed by atoms with van der Waals surface area (Å²) in [7, 11) is 0. The fraction of sp³-hybridized carbons (Fsp3) is 0.111. The molecule has 9 heteroatoms. The van der Waals surface area contributed by atoms with Crippen molar-refractivity contribution >= 4 is 39.8 Å². The minimum Gasteiger partial charge on any atom is -0.406 e. The molecule has 2 aromatic heterocycles. The van der Waals surface area contributed by atoms with E-state index in [9.17, 15) is 13.2 Å². The summed E-state index contributed by atoms with van der Waals surface area (Å²) < 4.78 is 42.5. The molecule has 0 unspecified atom stereocenters. The van der Waals surface area contributed by atoms with Crippen LogP contribution in [0.3, 0.4) is 0 Å². The molecule has 0 radical (unpaired) electrons. The van der Waals surface area contributed by atoms with E-state index in [1.807, 2.05) is 23.5 Å². The van der Waals surface area contributed by atoms with Crippen molar-refractivity contribution in [1.82, 2.24) is 14.4 Å². The van der Waals surface area contributed by atoms with Crippen LogP contribution in [0.15, 0.2) is 48.8 Å². The van der Waals surface area contributed by atoms with Crippen molar-refractivity contribution in [3.8, 4) is 5.75 Å². The van der Waals surface area contributed by atoms with Crippen LogP contribution in [0.25, 0.3) is 16.7 Å². The number of fused-ring (bicyclic) bond motifs is 3. The van der Waals surface area contributed by atoms with Gasteiger partial charge in [-0.2, -0.15) is 0 Å². The number of benzene rings is 2. The highest BCUT2D eigenvalue weighted by Gasteiger charge is 2.30. The van der Waals surface area contributed by atoms with E-state index in [1.54, 1.807) is 12.4 Å². The van der Waals surface area contributed by atoms with Gasteiger partial charge in [0.2, 0.25) is 0 Å². The summed E-state index contributed by atoms with van der Waals surface area (Å²) in [6.45, 7) is 1.90. The maximum atomic E-state index is 12.3. The zero-order chi connectivity index (χ0) is 19.2. The Labute approximate surface area is 156 Å². The quantitative estimate of drug-likeness (QED) is 0.501. The summed E-state index contributed by atoms with van der Waals surface area (Å²) in [6.07, 6.45) is -1.33. The molecule has 0 amide bonds. The number of hydrogen-bond acceptors (Lipinski definition) is 4. The van der Waals surface area contributed by atoms with E-state index in [0.29, 0.717) is 27.7 Å². The number of ether oxygens (including phenoxy) is 1. The standard InChI is InChI=1S/C18H12ClF3N4O/c1-10-2-7-13-15(14(10)19)26-9-8-23-17(26)16(25-13)24-11-3-5-12(6-4-11)27-18(20,21)22/h2-9H,1H3,(H,24,25). The fourth-order valence-corrected chi connectivity index (χ4v) is 3.02. The first-order valence-electron chi connectivity index (χ1n) is 7.86. The highest BCUT2D eigenvalue weighted by atomic mass is 35.5. The average Bonchev–Trinajstić information content (AvgIpc) is 3.08. The Bertz CT molecular complexity index is 1140. The molecule has 1 N–H and O–H groups in total. The van der Waals surface area contributed by atoms with Crippen LogP contribution in [0.4, 0.5) is 24.7 Å². The van der Waals surface area contributed by atoms with Crippen molar-refractivity contribution < 1.29 is 17.9 Å². The van der Waals surface area contributed by atoms with Gasteiger partial charge in [0.05, 0.1) is 16.1 Å². The lowest BCUT2D eigenvalue weighted by Gasteiger charge is -2.12. The van der Waals surface area contributed by atoms with Crippen LogP contribution in [-0.4, -0.2) is 20.7 Å². The Morgan fingerprint density at radius 2 is 1.85 bits per heavy atom. The van der Waals surface area contributed by atoms with Gasteiger partial charge in [-0.3, -0.25) is 4.40 Å². The maximum Gasteiger partial charge on any atom is 0.573 e.